The van der Waals surface area contributed by atoms with Crippen LogP contribution in [0.2, 0.25) is 0 Å². The number of aliphatic hydroxyl groups is 1. The molecule has 0 saturated heterocycles. The lowest BCUT2D eigenvalue weighted by Crippen LogP contribution is -2.33. The molecule has 1 fully saturated rings. The third-order valence-corrected chi connectivity index (χ3v) is 3.55. The Hall–Kier alpha value is -1.28. The number of aliphatic hydroxyl groups excluding tert-OH is 1. The Balaban J connectivity index is 1.96. The van der Waals surface area contributed by atoms with Gasteiger partial charge in [0.25, 0.3) is 0 Å². The van der Waals surface area contributed by atoms with Crippen LogP contribution in [0.4, 0.5) is 0 Å². The second-order valence-electron chi connectivity index (χ2n) is 4.94. The van der Waals surface area contributed by atoms with Crippen molar-refractivity contribution in [1.82, 2.24) is 5.32 Å². The summed E-state index contributed by atoms with van der Waals surface area (Å²) in [6.45, 7) is 6.23. The van der Waals surface area contributed by atoms with E-state index in [-0.39, 0.29) is 6.10 Å². The van der Waals surface area contributed by atoms with Crippen LogP contribution in [-0.2, 0) is 0 Å². The Kier molecular flexibility index (Phi) is 3.85. The third kappa shape index (κ3) is 3.10. The molecule has 1 saturated carbocycles. The molecule has 1 aromatic carbocycles. The molecule has 1 aliphatic carbocycles. The van der Waals surface area contributed by atoms with Crippen LogP contribution in [0.5, 0.6) is 0 Å². The molecule has 2 nitrogen and oxygen atoms in total. The summed E-state index contributed by atoms with van der Waals surface area (Å²) in [6, 6.07) is 8.75. The van der Waals surface area contributed by atoms with E-state index in [0.717, 1.165) is 31.4 Å². The predicted molar refractivity (Wildman–Crippen MR) is 71.6 cm³/mol. The zero-order valence-corrected chi connectivity index (χ0v) is 10.4. The predicted octanol–water partition coefficient (Wildman–Crippen LogP) is 2.86. The molecule has 2 rings (SSSR count). The minimum absolute atomic E-state index is 0.0974. The van der Waals surface area contributed by atoms with Crippen molar-refractivity contribution in [2.24, 2.45) is 0 Å². The summed E-state index contributed by atoms with van der Waals surface area (Å²) in [6.07, 6.45) is 3.77. The quantitative estimate of drug-likeness (QED) is 0.838. The standard InChI is InChI=1S/C15H21NO/c1-11-5-3-4-6-15(11)12(2)16-13-7-9-14(17)10-8-13/h3-6,13-14,16-17H,2,7-10H2,1H3. The normalized spacial score (nSPS) is 24.4. The van der Waals surface area contributed by atoms with Gasteiger partial charge in [-0.1, -0.05) is 30.8 Å². The first-order valence-corrected chi connectivity index (χ1v) is 6.36. The highest BCUT2D eigenvalue weighted by molar-refractivity contribution is 5.64. The van der Waals surface area contributed by atoms with Crippen LogP contribution in [0.15, 0.2) is 30.8 Å². The molecule has 0 spiro atoms. The number of hydrogen-bond acceptors (Lipinski definition) is 2. The molecule has 0 amide bonds. The maximum Gasteiger partial charge on any atom is 0.0541 e. The van der Waals surface area contributed by atoms with Gasteiger partial charge in [0.1, 0.15) is 0 Å². The lowest BCUT2D eigenvalue weighted by atomic mass is 9.92. The minimum Gasteiger partial charge on any atom is -0.393 e. The zero-order valence-electron chi connectivity index (χ0n) is 10.4. The van der Waals surface area contributed by atoms with E-state index in [0.29, 0.717) is 6.04 Å². The molecule has 17 heavy (non-hydrogen) atoms. The summed E-state index contributed by atoms with van der Waals surface area (Å²) >= 11 is 0. The van der Waals surface area contributed by atoms with Gasteiger partial charge >= 0.3 is 0 Å². The van der Waals surface area contributed by atoms with Gasteiger partial charge in [-0.15, -0.1) is 0 Å². The van der Waals surface area contributed by atoms with Gasteiger partial charge in [-0.3, -0.25) is 0 Å². The maximum absolute atomic E-state index is 9.47. The Morgan fingerprint density at radius 1 is 1.24 bits per heavy atom. The van der Waals surface area contributed by atoms with Gasteiger partial charge in [0, 0.05) is 11.7 Å². The number of hydrogen-bond donors (Lipinski definition) is 2. The van der Waals surface area contributed by atoms with Gasteiger partial charge in [-0.2, -0.15) is 0 Å². The highest BCUT2D eigenvalue weighted by Gasteiger charge is 2.19. The average molecular weight is 231 g/mol. The van der Waals surface area contributed by atoms with Gasteiger partial charge in [0.05, 0.1) is 6.10 Å². The van der Waals surface area contributed by atoms with Gasteiger partial charge < -0.3 is 10.4 Å². The van der Waals surface area contributed by atoms with Crippen LogP contribution in [0.25, 0.3) is 5.70 Å². The second kappa shape index (κ2) is 5.37. The molecule has 0 aliphatic heterocycles. The summed E-state index contributed by atoms with van der Waals surface area (Å²) in [5, 5.41) is 13.0. The van der Waals surface area contributed by atoms with Gasteiger partial charge in [0.15, 0.2) is 0 Å². The first-order valence-electron chi connectivity index (χ1n) is 6.36. The van der Waals surface area contributed by atoms with Crippen LogP contribution in [0, 0.1) is 6.92 Å². The van der Waals surface area contributed by atoms with E-state index < -0.39 is 0 Å². The van der Waals surface area contributed by atoms with E-state index in [9.17, 15) is 5.11 Å². The van der Waals surface area contributed by atoms with Crippen molar-refractivity contribution in [1.29, 1.82) is 0 Å². The summed E-state index contributed by atoms with van der Waals surface area (Å²) in [4.78, 5) is 0. The van der Waals surface area contributed by atoms with Crippen LogP contribution in [0.3, 0.4) is 0 Å². The van der Waals surface area contributed by atoms with Crippen molar-refractivity contribution in [3.63, 3.8) is 0 Å². The van der Waals surface area contributed by atoms with Gasteiger partial charge in [-0.05, 0) is 43.7 Å². The minimum atomic E-state index is -0.0974. The van der Waals surface area contributed by atoms with Crippen molar-refractivity contribution in [3.05, 3.63) is 42.0 Å². The van der Waals surface area contributed by atoms with Crippen molar-refractivity contribution in [3.8, 4) is 0 Å². The van der Waals surface area contributed by atoms with Crippen molar-refractivity contribution < 1.29 is 5.11 Å². The zero-order chi connectivity index (χ0) is 12.3. The number of nitrogens with one attached hydrogen (secondary N) is 1. The molecule has 0 bridgehead atoms. The van der Waals surface area contributed by atoms with Crippen molar-refractivity contribution >= 4 is 5.70 Å². The molecule has 92 valence electrons. The van der Waals surface area contributed by atoms with E-state index >= 15 is 0 Å². The lowest BCUT2D eigenvalue weighted by Gasteiger charge is -2.28. The topological polar surface area (TPSA) is 32.3 Å². The molecular weight excluding hydrogens is 210 g/mol. The first kappa shape index (κ1) is 12.2. The molecule has 1 aromatic rings. The molecule has 0 radical (unpaired) electrons. The molecule has 2 N–H and O–H groups in total. The number of aryl methyl sites for hydroxylation is 1. The van der Waals surface area contributed by atoms with Crippen LogP contribution in [-0.4, -0.2) is 17.3 Å². The summed E-state index contributed by atoms with van der Waals surface area (Å²) in [5.41, 5.74) is 3.45. The highest BCUT2D eigenvalue weighted by Crippen LogP contribution is 2.22. The molecule has 0 unspecified atom stereocenters. The maximum atomic E-state index is 9.47. The Labute approximate surface area is 103 Å². The monoisotopic (exact) mass is 231 g/mol. The van der Waals surface area contributed by atoms with E-state index in [1.807, 2.05) is 12.1 Å². The number of rotatable bonds is 3. The van der Waals surface area contributed by atoms with E-state index in [1.54, 1.807) is 0 Å². The van der Waals surface area contributed by atoms with Crippen molar-refractivity contribution in [2.75, 3.05) is 0 Å². The average Bonchev–Trinajstić information content (AvgIpc) is 2.32. The highest BCUT2D eigenvalue weighted by atomic mass is 16.3. The third-order valence-electron chi connectivity index (χ3n) is 3.55. The Bertz CT molecular complexity index is 392. The summed E-state index contributed by atoms with van der Waals surface area (Å²) in [7, 11) is 0. The molecule has 1 aliphatic rings. The van der Waals surface area contributed by atoms with E-state index in [2.05, 4.69) is 31.0 Å². The molecule has 2 heteroatoms. The molecule has 0 aromatic heterocycles. The largest absolute Gasteiger partial charge is 0.393 e. The van der Waals surface area contributed by atoms with Crippen molar-refractivity contribution in [2.45, 2.75) is 44.8 Å². The second-order valence-corrected chi connectivity index (χ2v) is 4.94. The fraction of sp³-hybridized carbons (Fsp3) is 0.467. The first-order chi connectivity index (χ1) is 8.16. The fourth-order valence-electron chi connectivity index (χ4n) is 2.46. The Morgan fingerprint density at radius 2 is 1.88 bits per heavy atom. The lowest BCUT2D eigenvalue weighted by molar-refractivity contribution is 0.120. The summed E-state index contributed by atoms with van der Waals surface area (Å²) in [5.74, 6) is 0. The Morgan fingerprint density at radius 3 is 2.53 bits per heavy atom. The smallest absolute Gasteiger partial charge is 0.0541 e. The van der Waals surface area contributed by atoms with Crippen LogP contribution < -0.4 is 5.32 Å². The van der Waals surface area contributed by atoms with Gasteiger partial charge in [-0.25, -0.2) is 0 Å². The van der Waals surface area contributed by atoms with E-state index in [1.165, 1.54) is 11.1 Å². The fourth-order valence-corrected chi connectivity index (χ4v) is 2.46. The SMILES string of the molecule is C=C(NC1CCC(O)CC1)c1ccccc1C. The van der Waals surface area contributed by atoms with Gasteiger partial charge in [0.2, 0.25) is 0 Å². The van der Waals surface area contributed by atoms with E-state index in [4.69, 9.17) is 0 Å². The molecule has 0 atom stereocenters. The van der Waals surface area contributed by atoms with Crippen LogP contribution >= 0.6 is 0 Å². The van der Waals surface area contributed by atoms with Crippen LogP contribution in [0.1, 0.15) is 36.8 Å². The number of benzene rings is 1. The molecular formula is C15H21NO. The molecule has 0 heterocycles. The summed E-state index contributed by atoms with van der Waals surface area (Å²) < 4.78 is 0.